The Morgan fingerprint density at radius 3 is 1.28 bits per heavy atom. The number of hydrogen-bond acceptors (Lipinski definition) is 1. The Kier molecular flexibility index (Phi) is 5.27. The summed E-state index contributed by atoms with van der Waals surface area (Å²) < 4.78 is 0. The lowest BCUT2D eigenvalue weighted by Gasteiger charge is -2.28. The summed E-state index contributed by atoms with van der Waals surface area (Å²) in [5.41, 5.74) is 3.46. The Morgan fingerprint density at radius 2 is 0.698 bits per heavy atom. The lowest BCUT2D eigenvalue weighted by atomic mass is 9.97. The van der Waals surface area contributed by atoms with Gasteiger partial charge in [-0.1, -0.05) is 133 Å². The van der Waals surface area contributed by atoms with E-state index in [1.807, 2.05) is 0 Å². The molecule has 0 saturated carbocycles. The van der Waals surface area contributed by atoms with Gasteiger partial charge in [-0.3, -0.25) is 0 Å². The van der Waals surface area contributed by atoms with E-state index in [0.29, 0.717) is 0 Å². The fourth-order valence-corrected chi connectivity index (χ4v) is 6.93. The highest BCUT2D eigenvalue weighted by atomic mass is 15.1. The monoisotopic (exact) mass is 545 g/mol. The van der Waals surface area contributed by atoms with Gasteiger partial charge in [0.15, 0.2) is 0 Å². The van der Waals surface area contributed by atoms with Gasteiger partial charge < -0.3 is 4.90 Å². The van der Waals surface area contributed by atoms with Crippen LogP contribution in [0.2, 0.25) is 0 Å². The zero-order chi connectivity index (χ0) is 28.3. The molecule has 1 nitrogen and oxygen atoms in total. The number of rotatable bonds is 3. The normalized spacial score (nSPS) is 11.7. The van der Waals surface area contributed by atoms with Gasteiger partial charge in [0, 0.05) is 16.8 Å². The van der Waals surface area contributed by atoms with Crippen molar-refractivity contribution in [2.24, 2.45) is 0 Å². The van der Waals surface area contributed by atoms with Crippen LogP contribution in [0.4, 0.5) is 17.1 Å². The molecule has 9 rings (SSSR count). The molecular formula is C42H27N. The van der Waals surface area contributed by atoms with Crippen LogP contribution in [0.3, 0.4) is 0 Å². The Labute approximate surface area is 249 Å². The number of fused-ring (bicyclic) bond motifs is 9. The van der Waals surface area contributed by atoms with E-state index in [1.165, 1.54) is 70.3 Å². The van der Waals surface area contributed by atoms with Crippen molar-refractivity contribution in [3.8, 4) is 0 Å². The average Bonchev–Trinajstić information content (AvgIpc) is 3.08. The molecule has 0 aliphatic rings. The molecule has 0 spiro atoms. The maximum Gasteiger partial charge on any atom is 0.0546 e. The molecule has 9 aromatic rings. The van der Waals surface area contributed by atoms with Crippen LogP contribution in [0, 0.1) is 0 Å². The fraction of sp³-hybridized carbons (Fsp3) is 0. The van der Waals surface area contributed by atoms with E-state index in [2.05, 4.69) is 169 Å². The van der Waals surface area contributed by atoms with Crippen molar-refractivity contribution < 1.29 is 0 Å². The van der Waals surface area contributed by atoms with Crippen molar-refractivity contribution in [1.82, 2.24) is 0 Å². The molecule has 0 unspecified atom stereocenters. The minimum atomic E-state index is 1.14. The fourth-order valence-electron chi connectivity index (χ4n) is 6.93. The molecule has 0 saturated heterocycles. The molecule has 0 heterocycles. The van der Waals surface area contributed by atoms with E-state index in [4.69, 9.17) is 0 Å². The van der Waals surface area contributed by atoms with E-state index in [-0.39, 0.29) is 0 Å². The number of nitrogens with zero attached hydrogens (tertiary/aromatic N) is 1. The summed E-state index contributed by atoms with van der Waals surface area (Å²) in [6.07, 6.45) is 0. The molecular weight excluding hydrogens is 518 g/mol. The second-order valence-corrected chi connectivity index (χ2v) is 11.4. The van der Waals surface area contributed by atoms with Crippen LogP contribution in [0.5, 0.6) is 0 Å². The summed E-state index contributed by atoms with van der Waals surface area (Å²) in [5, 5.41) is 15.1. The first-order valence-corrected chi connectivity index (χ1v) is 14.9. The second-order valence-electron chi connectivity index (χ2n) is 11.4. The minimum absolute atomic E-state index is 1.14. The van der Waals surface area contributed by atoms with Crippen molar-refractivity contribution in [2.45, 2.75) is 0 Å². The molecule has 0 N–H and O–H groups in total. The van der Waals surface area contributed by atoms with Crippen molar-refractivity contribution >= 4 is 81.7 Å². The van der Waals surface area contributed by atoms with E-state index >= 15 is 0 Å². The van der Waals surface area contributed by atoms with Crippen LogP contribution in [0.1, 0.15) is 0 Å². The van der Waals surface area contributed by atoms with Gasteiger partial charge in [0.1, 0.15) is 0 Å². The van der Waals surface area contributed by atoms with Gasteiger partial charge in [-0.15, -0.1) is 0 Å². The average molecular weight is 546 g/mol. The van der Waals surface area contributed by atoms with Gasteiger partial charge in [0.25, 0.3) is 0 Å². The molecule has 0 radical (unpaired) electrons. The van der Waals surface area contributed by atoms with Gasteiger partial charge >= 0.3 is 0 Å². The summed E-state index contributed by atoms with van der Waals surface area (Å²) in [6.45, 7) is 0. The Hall–Kier alpha value is -5.66. The predicted octanol–water partition coefficient (Wildman–Crippen LogP) is 12.1. The lowest BCUT2D eigenvalue weighted by Crippen LogP contribution is -2.10. The summed E-state index contributed by atoms with van der Waals surface area (Å²) in [6, 6.07) is 60.0. The summed E-state index contributed by atoms with van der Waals surface area (Å²) >= 11 is 0. The first kappa shape index (κ1) is 24.0. The summed E-state index contributed by atoms with van der Waals surface area (Å²) in [5.74, 6) is 0. The molecule has 43 heavy (non-hydrogen) atoms. The summed E-state index contributed by atoms with van der Waals surface area (Å²) in [7, 11) is 0. The topological polar surface area (TPSA) is 3.24 Å². The Balaban J connectivity index is 1.35. The van der Waals surface area contributed by atoms with Gasteiger partial charge in [0.2, 0.25) is 0 Å². The molecule has 0 amide bonds. The van der Waals surface area contributed by atoms with Gasteiger partial charge in [-0.2, -0.15) is 0 Å². The van der Waals surface area contributed by atoms with Gasteiger partial charge in [0.05, 0.1) is 5.69 Å². The van der Waals surface area contributed by atoms with Crippen LogP contribution in [0.25, 0.3) is 64.6 Å². The maximum atomic E-state index is 2.44. The SMILES string of the molecule is c1ccc2c(c1)ccc1cc(N(c3ccc4c(ccc5ccccc54)c3)c3cccc4ccc5ccccc5c34)ccc12. The highest BCUT2D eigenvalue weighted by molar-refractivity contribution is 6.16. The minimum Gasteiger partial charge on any atom is -0.310 e. The zero-order valence-electron chi connectivity index (χ0n) is 23.5. The molecule has 0 aliphatic carbocycles. The van der Waals surface area contributed by atoms with Crippen LogP contribution in [-0.2, 0) is 0 Å². The quantitative estimate of drug-likeness (QED) is 0.200. The van der Waals surface area contributed by atoms with Crippen LogP contribution in [-0.4, -0.2) is 0 Å². The summed E-state index contributed by atoms with van der Waals surface area (Å²) in [4.78, 5) is 2.44. The number of hydrogen-bond donors (Lipinski definition) is 0. The standard InChI is InChI=1S/C42H27N/c1-4-12-36-28(8-1)17-20-32-26-34(22-24-38(32)36)43(35-23-25-39-33(27-35)21-18-29-9-2-5-13-37(29)39)41-15-7-11-31-19-16-30-10-3-6-14-40(30)42(31)41/h1-27H. The largest absolute Gasteiger partial charge is 0.310 e. The van der Waals surface area contributed by atoms with Gasteiger partial charge in [-0.05, 0) is 89.6 Å². The smallest absolute Gasteiger partial charge is 0.0546 e. The molecule has 0 atom stereocenters. The molecule has 1 heteroatoms. The first-order chi connectivity index (χ1) is 21.3. The molecule has 0 bridgehead atoms. The zero-order valence-corrected chi connectivity index (χ0v) is 23.5. The molecule has 200 valence electrons. The molecule has 0 aliphatic heterocycles. The predicted molar refractivity (Wildman–Crippen MR) is 186 cm³/mol. The van der Waals surface area contributed by atoms with E-state index in [9.17, 15) is 0 Å². The third kappa shape index (κ3) is 3.79. The second kappa shape index (κ2) is 9.44. The third-order valence-electron chi connectivity index (χ3n) is 8.96. The third-order valence-corrected chi connectivity index (χ3v) is 8.96. The number of benzene rings is 9. The molecule has 0 fully saturated rings. The first-order valence-electron chi connectivity index (χ1n) is 14.9. The van der Waals surface area contributed by atoms with Crippen LogP contribution >= 0.6 is 0 Å². The van der Waals surface area contributed by atoms with Crippen molar-refractivity contribution in [3.05, 3.63) is 164 Å². The number of anilines is 3. The Morgan fingerprint density at radius 1 is 0.279 bits per heavy atom. The molecule has 0 aromatic heterocycles. The lowest BCUT2D eigenvalue weighted by molar-refractivity contribution is 1.31. The van der Waals surface area contributed by atoms with Gasteiger partial charge in [-0.25, -0.2) is 0 Å². The van der Waals surface area contributed by atoms with E-state index in [0.717, 1.165) is 11.4 Å². The highest BCUT2D eigenvalue weighted by Crippen LogP contribution is 2.43. The highest BCUT2D eigenvalue weighted by Gasteiger charge is 2.18. The van der Waals surface area contributed by atoms with Crippen molar-refractivity contribution in [2.75, 3.05) is 4.90 Å². The van der Waals surface area contributed by atoms with Crippen molar-refractivity contribution in [1.29, 1.82) is 0 Å². The molecule has 9 aromatic carbocycles. The maximum absolute atomic E-state index is 2.44. The van der Waals surface area contributed by atoms with Crippen LogP contribution in [0.15, 0.2) is 164 Å². The van der Waals surface area contributed by atoms with Crippen molar-refractivity contribution in [3.63, 3.8) is 0 Å². The van der Waals surface area contributed by atoms with E-state index < -0.39 is 0 Å². The van der Waals surface area contributed by atoms with E-state index in [1.54, 1.807) is 0 Å². The Bertz CT molecular complexity index is 2400. The van der Waals surface area contributed by atoms with Crippen LogP contribution < -0.4 is 4.90 Å².